The van der Waals surface area contributed by atoms with Gasteiger partial charge in [0.1, 0.15) is 5.82 Å². The van der Waals surface area contributed by atoms with Gasteiger partial charge in [-0.3, -0.25) is 4.79 Å². The Morgan fingerprint density at radius 2 is 1.83 bits per heavy atom. The van der Waals surface area contributed by atoms with E-state index < -0.39 is 39.1 Å². The standard InChI is InChI=1S/C17H10ClF4N3O3S/c1-29(27,25-15(26)13-11(18)3-2-4-12(13)19)10-7-5-9(6-8-10)14-23-16(28-24-14)17(20,21)22/h2-8H,1H3. The summed E-state index contributed by atoms with van der Waals surface area (Å²) < 4.78 is 72.0. The molecule has 3 rings (SSSR count). The number of carbonyl (C=O) groups is 1. The predicted octanol–water partition coefficient (Wildman–Crippen LogP) is 4.85. The Hall–Kier alpha value is -2.79. The highest BCUT2D eigenvalue weighted by Crippen LogP contribution is 2.29. The minimum Gasteiger partial charge on any atom is -0.329 e. The third kappa shape index (κ3) is 4.46. The average Bonchev–Trinajstić information content (AvgIpc) is 3.12. The first-order valence-corrected chi connectivity index (χ1v) is 10.0. The Bertz CT molecular complexity index is 1180. The van der Waals surface area contributed by atoms with E-state index >= 15 is 0 Å². The number of hydrogen-bond acceptors (Lipinski definition) is 5. The second-order valence-electron chi connectivity index (χ2n) is 5.74. The Balaban J connectivity index is 1.92. The van der Waals surface area contributed by atoms with Crippen molar-refractivity contribution in [3.63, 3.8) is 0 Å². The maximum Gasteiger partial charge on any atom is 0.471 e. The normalized spacial score (nSPS) is 13.7. The van der Waals surface area contributed by atoms with E-state index in [0.29, 0.717) is 0 Å². The summed E-state index contributed by atoms with van der Waals surface area (Å²) in [4.78, 5) is 15.6. The van der Waals surface area contributed by atoms with Gasteiger partial charge in [-0.2, -0.15) is 22.5 Å². The van der Waals surface area contributed by atoms with Crippen LogP contribution in [-0.4, -0.2) is 26.5 Å². The summed E-state index contributed by atoms with van der Waals surface area (Å²) in [6, 6.07) is 8.75. The molecular weight excluding hydrogens is 438 g/mol. The quantitative estimate of drug-likeness (QED) is 0.536. The van der Waals surface area contributed by atoms with Crippen LogP contribution >= 0.6 is 11.6 Å². The molecule has 6 nitrogen and oxygen atoms in total. The lowest BCUT2D eigenvalue weighted by atomic mass is 10.2. The predicted molar refractivity (Wildman–Crippen MR) is 95.2 cm³/mol. The van der Waals surface area contributed by atoms with Crippen molar-refractivity contribution in [2.24, 2.45) is 4.36 Å². The Kier molecular flexibility index (Phi) is 5.46. The Morgan fingerprint density at radius 3 is 2.38 bits per heavy atom. The molecule has 1 atom stereocenters. The highest BCUT2D eigenvalue weighted by molar-refractivity contribution is 7.93. The van der Waals surface area contributed by atoms with Gasteiger partial charge in [0, 0.05) is 16.7 Å². The molecule has 0 aliphatic carbocycles. The summed E-state index contributed by atoms with van der Waals surface area (Å²) in [7, 11) is -3.30. The van der Waals surface area contributed by atoms with Gasteiger partial charge in [0.25, 0.3) is 5.91 Å². The molecule has 0 saturated carbocycles. The van der Waals surface area contributed by atoms with Crippen LogP contribution in [0.25, 0.3) is 11.4 Å². The first kappa shape index (κ1) is 20.9. The molecular formula is C17H10ClF4N3O3S. The third-order valence-electron chi connectivity index (χ3n) is 3.65. The van der Waals surface area contributed by atoms with Crippen LogP contribution in [0.5, 0.6) is 0 Å². The number of benzene rings is 2. The van der Waals surface area contributed by atoms with Crippen molar-refractivity contribution in [1.29, 1.82) is 0 Å². The molecule has 0 fully saturated rings. The molecule has 0 aliphatic heterocycles. The second-order valence-corrected chi connectivity index (χ2v) is 8.41. The minimum absolute atomic E-state index is 0.0848. The van der Waals surface area contributed by atoms with Crippen LogP contribution in [0.1, 0.15) is 16.2 Å². The number of nitrogens with zero attached hydrogens (tertiary/aromatic N) is 3. The lowest BCUT2D eigenvalue weighted by molar-refractivity contribution is -0.159. The zero-order valence-corrected chi connectivity index (χ0v) is 16.0. The summed E-state index contributed by atoms with van der Waals surface area (Å²) in [5.74, 6) is -3.83. The molecule has 1 heterocycles. The number of carbonyl (C=O) groups excluding carboxylic acids is 1. The molecule has 0 radical (unpaired) electrons. The van der Waals surface area contributed by atoms with Gasteiger partial charge in [0.15, 0.2) is 0 Å². The third-order valence-corrected chi connectivity index (χ3v) is 5.63. The molecule has 0 aliphatic rings. The number of halogens is 5. The van der Waals surface area contributed by atoms with Gasteiger partial charge in [-0.1, -0.05) is 22.8 Å². The van der Waals surface area contributed by atoms with E-state index in [0.717, 1.165) is 12.3 Å². The highest BCUT2D eigenvalue weighted by Gasteiger charge is 2.38. The summed E-state index contributed by atoms with van der Waals surface area (Å²) in [6.45, 7) is 0. The van der Waals surface area contributed by atoms with Crippen molar-refractivity contribution < 1.29 is 31.1 Å². The zero-order chi connectivity index (χ0) is 21.4. The van der Waals surface area contributed by atoms with Crippen molar-refractivity contribution in [1.82, 2.24) is 10.1 Å². The van der Waals surface area contributed by atoms with Crippen molar-refractivity contribution in [3.05, 3.63) is 64.8 Å². The van der Waals surface area contributed by atoms with Crippen molar-refractivity contribution in [2.45, 2.75) is 11.1 Å². The first-order chi connectivity index (χ1) is 13.5. The van der Waals surface area contributed by atoms with E-state index in [4.69, 9.17) is 11.6 Å². The maximum atomic E-state index is 13.8. The molecule has 12 heteroatoms. The van der Waals surface area contributed by atoms with E-state index in [1.54, 1.807) is 0 Å². The fraction of sp³-hybridized carbons (Fsp3) is 0.118. The second kappa shape index (κ2) is 7.56. The van der Waals surface area contributed by atoms with E-state index in [-0.39, 0.29) is 21.3 Å². The van der Waals surface area contributed by atoms with Crippen LogP contribution in [0.3, 0.4) is 0 Å². The largest absolute Gasteiger partial charge is 0.471 e. The Morgan fingerprint density at radius 1 is 1.17 bits per heavy atom. The molecule has 0 spiro atoms. The first-order valence-electron chi connectivity index (χ1n) is 7.71. The summed E-state index contributed by atoms with van der Waals surface area (Å²) in [6.07, 6.45) is -3.62. The molecule has 0 bridgehead atoms. The van der Waals surface area contributed by atoms with Crippen LogP contribution in [0, 0.1) is 5.82 Å². The molecule has 3 aromatic rings. The van der Waals surface area contributed by atoms with Crippen LogP contribution in [-0.2, 0) is 15.9 Å². The molecule has 1 unspecified atom stereocenters. The van der Waals surface area contributed by atoms with Gasteiger partial charge in [-0.05, 0) is 36.4 Å². The lowest BCUT2D eigenvalue weighted by Gasteiger charge is -2.06. The molecule has 1 amide bonds. The van der Waals surface area contributed by atoms with Crippen LogP contribution < -0.4 is 0 Å². The van der Waals surface area contributed by atoms with E-state index in [1.807, 2.05) is 0 Å². The Labute approximate surface area is 166 Å². The van der Waals surface area contributed by atoms with Gasteiger partial charge >= 0.3 is 12.1 Å². The minimum atomic E-state index is -4.78. The molecule has 29 heavy (non-hydrogen) atoms. The number of amides is 1. The van der Waals surface area contributed by atoms with Crippen LogP contribution in [0.15, 0.2) is 56.2 Å². The van der Waals surface area contributed by atoms with E-state index in [9.17, 15) is 26.6 Å². The van der Waals surface area contributed by atoms with Gasteiger partial charge in [0.05, 0.1) is 20.3 Å². The molecule has 1 aromatic heterocycles. The van der Waals surface area contributed by atoms with Gasteiger partial charge in [0.2, 0.25) is 5.82 Å². The van der Waals surface area contributed by atoms with E-state index in [1.165, 1.54) is 36.4 Å². The number of aromatic nitrogens is 2. The van der Waals surface area contributed by atoms with Crippen molar-refractivity contribution in [2.75, 3.05) is 6.26 Å². The van der Waals surface area contributed by atoms with Crippen LogP contribution in [0.2, 0.25) is 5.02 Å². The molecule has 2 aromatic carbocycles. The summed E-state index contributed by atoms with van der Waals surface area (Å²) in [5.41, 5.74) is -0.349. The monoisotopic (exact) mass is 447 g/mol. The SMILES string of the molecule is CS(=O)(=NC(=O)c1c(F)cccc1Cl)c1ccc(-c2noc(C(F)(F)F)n2)cc1. The van der Waals surface area contributed by atoms with Gasteiger partial charge in [-0.15, -0.1) is 0 Å². The smallest absolute Gasteiger partial charge is 0.329 e. The van der Waals surface area contributed by atoms with Gasteiger partial charge < -0.3 is 4.52 Å². The summed E-state index contributed by atoms with van der Waals surface area (Å²) in [5, 5.41) is 3.06. The number of rotatable bonds is 3. The van der Waals surface area contributed by atoms with Crippen molar-refractivity contribution >= 4 is 27.2 Å². The average molecular weight is 448 g/mol. The lowest BCUT2D eigenvalue weighted by Crippen LogP contribution is -2.06. The van der Waals surface area contributed by atoms with E-state index in [2.05, 4.69) is 19.0 Å². The maximum absolute atomic E-state index is 13.8. The highest BCUT2D eigenvalue weighted by atomic mass is 35.5. The van der Waals surface area contributed by atoms with Gasteiger partial charge in [-0.25, -0.2) is 8.60 Å². The number of alkyl halides is 3. The van der Waals surface area contributed by atoms with Crippen LogP contribution in [0.4, 0.5) is 17.6 Å². The number of hydrogen-bond donors (Lipinski definition) is 0. The molecule has 152 valence electrons. The van der Waals surface area contributed by atoms with Crippen molar-refractivity contribution in [3.8, 4) is 11.4 Å². The zero-order valence-electron chi connectivity index (χ0n) is 14.4. The molecule has 0 N–H and O–H groups in total. The fourth-order valence-corrected chi connectivity index (χ4v) is 3.67. The topological polar surface area (TPSA) is 85.4 Å². The molecule has 0 saturated heterocycles. The fourth-order valence-electron chi connectivity index (χ4n) is 2.27. The summed E-state index contributed by atoms with van der Waals surface area (Å²) >= 11 is 5.81.